The fraction of sp³-hybridized carbons (Fsp3) is 0.150. The van der Waals surface area contributed by atoms with Crippen molar-refractivity contribution in [2.24, 2.45) is 0 Å². The summed E-state index contributed by atoms with van der Waals surface area (Å²) in [5.41, 5.74) is 0.230. The smallest absolute Gasteiger partial charge is 0.266 e. The number of rotatable bonds is 7. The zero-order valence-corrected chi connectivity index (χ0v) is 16.4. The minimum Gasteiger partial charge on any atom is -0.490 e. The van der Waals surface area contributed by atoms with Crippen molar-refractivity contribution in [2.45, 2.75) is 6.92 Å². The van der Waals surface area contributed by atoms with Gasteiger partial charge in [-0.15, -0.1) is 0 Å². The molecule has 6 nitrogen and oxygen atoms in total. The monoisotopic (exact) mass is 443 g/mol. The quantitative estimate of drug-likeness (QED) is 0.504. The van der Waals surface area contributed by atoms with Gasteiger partial charge in [-0.05, 0) is 42.8 Å². The van der Waals surface area contributed by atoms with Gasteiger partial charge in [0.2, 0.25) is 0 Å². The van der Waals surface area contributed by atoms with E-state index in [2.05, 4.69) is 21.2 Å². The van der Waals surface area contributed by atoms with Gasteiger partial charge in [-0.1, -0.05) is 28.1 Å². The number of nitriles is 2. The molecule has 8 heteroatoms. The molecule has 0 unspecified atom stereocenters. The number of para-hydroxylation sites is 1. The summed E-state index contributed by atoms with van der Waals surface area (Å²) in [5, 5.41) is 20.4. The molecule has 2 rings (SSSR count). The fourth-order valence-corrected chi connectivity index (χ4v) is 2.65. The van der Waals surface area contributed by atoms with Gasteiger partial charge in [0.05, 0.1) is 12.3 Å². The van der Waals surface area contributed by atoms with Crippen LogP contribution in [0.3, 0.4) is 0 Å². The van der Waals surface area contributed by atoms with Gasteiger partial charge in [-0.2, -0.15) is 10.5 Å². The summed E-state index contributed by atoms with van der Waals surface area (Å²) < 4.78 is 25.1. The van der Waals surface area contributed by atoms with Crippen molar-refractivity contribution >= 4 is 33.6 Å². The molecule has 0 fully saturated rings. The molecular formula is C20H15BrFN3O3. The molecule has 28 heavy (non-hydrogen) atoms. The highest BCUT2D eigenvalue weighted by molar-refractivity contribution is 9.10. The molecule has 0 aliphatic carbocycles. The maximum absolute atomic E-state index is 13.7. The third-order valence-corrected chi connectivity index (χ3v) is 4.13. The van der Waals surface area contributed by atoms with Crippen LogP contribution in [0.5, 0.6) is 11.5 Å². The van der Waals surface area contributed by atoms with Crippen LogP contribution < -0.4 is 14.8 Å². The number of carbonyl (C=O) groups excluding carboxylic acids is 1. The second kappa shape index (κ2) is 10.1. The summed E-state index contributed by atoms with van der Waals surface area (Å²) >= 11 is 3.35. The Morgan fingerprint density at radius 2 is 1.96 bits per heavy atom. The number of anilines is 1. The normalized spacial score (nSPS) is 10.5. The Kier molecular flexibility index (Phi) is 7.55. The molecule has 0 atom stereocenters. The average molecular weight is 444 g/mol. The predicted octanol–water partition coefficient (Wildman–Crippen LogP) is 4.43. The summed E-state index contributed by atoms with van der Waals surface area (Å²) in [5.74, 6) is -0.644. The Morgan fingerprint density at radius 1 is 1.25 bits per heavy atom. The highest BCUT2D eigenvalue weighted by Gasteiger charge is 2.15. The topological polar surface area (TPSA) is 95.1 Å². The van der Waals surface area contributed by atoms with Crippen LogP contribution in [0.4, 0.5) is 10.1 Å². The Balaban J connectivity index is 2.36. The first-order valence-corrected chi connectivity index (χ1v) is 8.93. The van der Waals surface area contributed by atoms with Crippen LogP contribution in [0.1, 0.15) is 12.5 Å². The predicted molar refractivity (Wildman–Crippen MR) is 105 cm³/mol. The number of amides is 1. The maximum atomic E-state index is 13.7. The highest BCUT2D eigenvalue weighted by atomic mass is 79.9. The number of carbonyl (C=O) groups is 1. The molecule has 0 saturated heterocycles. The molecule has 2 aromatic carbocycles. The SMILES string of the molecule is CCOc1cc(/C=C(/C#N)C(=O)Nc2ccccc2F)c(Br)cc1OCC#N. The van der Waals surface area contributed by atoms with Gasteiger partial charge < -0.3 is 14.8 Å². The van der Waals surface area contributed by atoms with Gasteiger partial charge in [0.25, 0.3) is 5.91 Å². The maximum Gasteiger partial charge on any atom is 0.266 e. The van der Waals surface area contributed by atoms with E-state index in [1.54, 1.807) is 25.1 Å². The van der Waals surface area contributed by atoms with Crippen molar-refractivity contribution in [3.8, 4) is 23.6 Å². The Bertz CT molecular complexity index is 993. The molecule has 0 aromatic heterocycles. The van der Waals surface area contributed by atoms with Gasteiger partial charge in [0.1, 0.15) is 23.5 Å². The van der Waals surface area contributed by atoms with Crippen LogP contribution in [-0.4, -0.2) is 19.1 Å². The molecule has 0 bridgehead atoms. The van der Waals surface area contributed by atoms with Crippen molar-refractivity contribution in [2.75, 3.05) is 18.5 Å². The van der Waals surface area contributed by atoms with E-state index >= 15 is 0 Å². The van der Waals surface area contributed by atoms with Crippen LogP contribution in [0, 0.1) is 28.5 Å². The first-order valence-electron chi connectivity index (χ1n) is 8.13. The minimum atomic E-state index is -0.748. The molecule has 1 amide bonds. The number of nitrogens with one attached hydrogen (secondary N) is 1. The molecule has 0 radical (unpaired) electrons. The van der Waals surface area contributed by atoms with E-state index in [9.17, 15) is 14.4 Å². The zero-order chi connectivity index (χ0) is 20.5. The van der Waals surface area contributed by atoms with Crippen LogP contribution in [0.15, 0.2) is 46.4 Å². The molecule has 0 spiro atoms. The number of ether oxygens (including phenoxy) is 2. The second-order valence-electron chi connectivity index (χ2n) is 5.30. The van der Waals surface area contributed by atoms with Crippen molar-refractivity contribution in [1.82, 2.24) is 0 Å². The summed E-state index contributed by atoms with van der Waals surface area (Å²) in [7, 11) is 0. The lowest BCUT2D eigenvalue weighted by atomic mass is 10.1. The van der Waals surface area contributed by atoms with Crippen LogP contribution >= 0.6 is 15.9 Å². The molecule has 2 aromatic rings. The Labute approximate surface area is 169 Å². The van der Waals surface area contributed by atoms with Crippen LogP contribution in [0.25, 0.3) is 6.08 Å². The lowest BCUT2D eigenvalue weighted by Crippen LogP contribution is -2.14. The molecular weight excluding hydrogens is 429 g/mol. The fourth-order valence-electron chi connectivity index (χ4n) is 2.21. The van der Waals surface area contributed by atoms with Crippen molar-refractivity contribution in [3.05, 3.63) is 57.8 Å². The van der Waals surface area contributed by atoms with E-state index in [4.69, 9.17) is 14.7 Å². The van der Waals surface area contributed by atoms with Gasteiger partial charge in [-0.3, -0.25) is 4.79 Å². The van der Waals surface area contributed by atoms with Gasteiger partial charge in [0, 0.05) is 4.47 Å². The van der Waals surface area contributed by atoms with E-state index in [0.717, 1.165) is 0 Å². The third kappa shape index (κ3) is 5.32. The van der Waals surface area contributed by atoms with Gasteiger partial charge in [0.15, 0.2) is 18.1 Å². The minimum absolute atomic E-state index is 0.0250. The number of benzene rings is 2. The van der Waals surface area contributed by atoms with Gasteiger partial charge in [-0.25, -0.2) is 4.39 Å². The summed E-state index contributed by atoms with van der Waals surface area (Å²) in [4.78, 5) is 12.4. The van der Waals surface area contributed by atoms with E-state index in [-0.39, 0.29) is 17.9 Å². The lowest BCUT2D eigenvalue weighted by Gasteiger charge is -2.12. The molecule has 0 aliphatic heterocycles. The second-order valence-corrected chi connectivity index (χ2v) is 6.16. The number of hydrogen-bond donors (Lipinski definition) is 1. The number of nitrogens with zero attached hydrogens (tertiary/aromatic N) is 2. The highest BCUT2D eigenvalue weighted by Crippen LogP contribution is 2.35. The van der Waals surface area contributed by atoms with E-state index in [0.29, 0.717) is 28.1 Å². The van der Waals surface area contributed by atoms with Crippen molar-refractivity contribution in [3.63, 3.8) is 0 Å². The molecule has 1 N–H and O–H groups in total. The molecule has 142 valence electrons. The van der Waals surface area contributed by atoms with Crippen LogP contribution in [0.2, 0.25) is 0 Å². The van der Waals surface area contributed by atoms with E-state index in [1.165, 1.54) is 24.3 Å². The third-order valence-electron chi connectivity index (χ3n) is 3.44. The lowest BCUT2D eigenvalue weighted by molar-refractivity contribution is -0.112. The van der Waals surface area contributed by atoms with E-state index in [1.807, 2.05) is 12.1 Å². The number of hydrogen-bond acceptors (Lipinski definition) is 5. The summed E-state index contributed by atoms with van der Waals surface area (Å²) in [6.45, 7) is 1.98. The summed E-state index contributed by atoms with van der Waals surface area (Å²) in [6.07, 6.45) is 1.34. The largest absolute Gasteiger partial charge is 0.490 e. The molecule has 0 saturated carbocycles. The van der Waals surface area contributed by atoms with Crippen LogP contribution in [-0.2, 0) is 4.79 Å². The molecule has 0 heterocycles. The Hall–Kier alpha value is -3.36. The standard InChI is InChI=1S/C20H15BrFN3O3/c1-2-27-18-10-13(15(21)11-19(18)28-8-7-23)9-14(12-24)20(26)25-17-6-4-3-5-16(17)22/h3-6,9-11H,2,8H2,1H3,(H,25,26)/b14-9-. The summed E-state index contributed by atoms with van der Waals surface area (Å²) in [6, 6.07) is 12.5. The Morgan fingerprint density at radius 3 is 2.61 bits per heavy atom. The first kappa shape index (κ1) is 20.9. The zero-order valence-electron chi connectivity index (χ0n) is 14.8. The van der Waals surface area contributed by atoms with E-state index < -0.39 is 11.7 Å². The molecule has 0 aliphatic rings. The van der Waals surface area contributed by atoms with Gasteiger partial charge >= 0.3 is 0 Å². The average Bonchev–Trinajstić information content (AvgIpc) is 2.68. The first-order chi connectivity index (χ1) is 13.5. The number of halogens is 2. The van der Waals surface area contributed by atoms with Crippen molar-refractivity contribution < 1.29 is 18.7 Å². The van der Waals surface area contributed by atoms with Crippen molar-refractivity contribution in [1.29, 1.82) is 10.5 Å².